The molecule has 1 heterocycles. The molecule has 0 atom stereocenters. The lowest BCUT2D eigenvalue weighted by molar-refractivity contribution is 0.687. The van der Waals surface area contributed by atoms with E-state index < -0.39 is 0 Å². The van der Waals surface area contributed by atoms with Crippen LogP contribution >= 0.6 is 0 Å². The molecule has 2 aromatic rings. The van der Waals surface area contributed by atoms with Gasteiger partial charge in [-0.1, -0.05) is 37.3 Å². The van der Waals surface area contributed by atoms with Gasteiger partial charge in [-0.2, -0.15) is 5.10 Å². The first-order valence-electron chi connectivity index (χ1n) is 5.68. The van der Waals surface area contributed by atoms with Gasteiger partial charge >= 0.3 is 0 Å². The fraction of sp³-hybridized carbons (Fsp3) is 0.308. The number of hydrogen-bond donors (Lipinski definition) is 1. The van der Waals surface area contributed by atoms with Crippen molar-refractivity contribution in [1.82, 2.24) is 9.78 Å². The lowest BCUT2D eigenvalue weighted by Crippen LogP contribution is -2.00. The number of hydrogen-bond acceptors (Lipinski definition) is 2. The van der Waals surface area contributed by atoms with Crippen LogP contribution in [0.5, 0.6) is 0 Å². The summed E-state index contributed by atoms with van der Waals surface area (Å²) in [5, 5.41) is 7.64. The van der Waals surface area contributed by atoms with Crippen LogP contribution in [0.3, 0.4) is 0 Å². The number of anilines is 1. The standard InChI is InChI=1S/C13H17N3/c1-2-8-14-13-9-15-16(11-13)10-12-6-4-3-5-7-12/h3-7,9,11,14H,2,8,10H2,1H3. The Morgan fingerprint density at radius 2 is 2.06 bits per heavy atom. The van der Waals surface area contributed by atoms with Crippen molar-refractivity contribution >= 4 is 5.69 Å². The highest BCUT2D eigenvalue weighted by molar-refractivity contribution is 5.38. The van der Waals surface area contributed by atoms with Crippen molar-refractivity contribution in [2.75, 3.05) is 11.9 Å². The normalized spacial score (nSPS) is 10.3. The molecule has 0 saturated heterocycles. The molecule has 0 spiro atoms. The number of benzene rings is 1. The highest BCUT2D eigenvalue weighted by atomic mass is 15.3. The molecule has 0 aliphatic carbocycles. The van der Waals surface area contributed by atoms with Crippen molar-refractivity contribution in [2.45, 2.75) is 19.9 Å². The quantitative estimate of drug-likeness (QED) is 0.831. The van der Waals surface area contributed by atoms with Crippen LogP contribution in [0.15, 0.2) is 42.7 Å². The SMILES string of the molecule is CCCNc1cnn(Cc2ccccc2)c1. The minimum absolute atomic E-state index is 0.828. The second-order valence-electron chi connectivity index (χ2n) is 3.84. The fourth-order valence-electron chi connectivity index (χ4n) is 1.58. The summed E-state index contributed by atoms with van der Waals surface area (Å²) >= 11 is 0. The zero-order valence-corrected chi connectivity index (χ0v) is 9.56. The summed E-state index contributed by atoms with van der Waals surface area (Å²) in [5.74, 6) is 0. The van der Waals surface area contributed by atoms with Gasteiger partial charge in [0.15, 0.2) is 0 Å². The van der Waals surface area contributed by atoms with E-state index in [9.17, 15) is 0 Å². The van der Waals surface area contributed by atoms with E-state index in [1.807, 2.05) is 23.1 Å². The summed E-state index contributed by atoms with van der Waals surface area (Å²) in [4.78, 5) is 0. The van der Waals surface area contributed by atoms with Crippen molar-refractivity contribution in [2.24, 2.45) is 0 Å². The monoisotopic (exact) mass is 215 g/mol. The van der Waals surface area contributed by atoms with E-state index in [0.717, 1.165) is 25.2 Å². The molecule has 3 heteroatoms. The van der Waals surface area contributed by atoms with Crippen LogP contribution in [-0.2, 0) is 6.54 Å². The molecule has 2 rings (SSSR count). The van der Waals surface area contributed by atoms with E-state index in [0.29, 0.717) is 0 Å². The summed E-state index contributed by atoms with van der Waals surface area (Å²) in [6, 6.07) is 10.4. The molecule has 1 N–H and O–H groups in total. The molecule has 84 valence electrons. The third-order valence-corrected chi connectivity index (χ3v) is 2.40. The largest absolute Gasteiger partial charge is 0.383 e. The lowest BCUT2D eigenvalue weighted by Gasteiger charge is -2.01. The summed E-state index contributed by atoms with van der Waals surface area (Å²) in [6.45, 7) is 3.98. The van der Waals surface area contributed by atoms with Gasteiger partial charge in [0.25, 0.3) is 0 Å². The summed E-state index contributed by atoms with van der Waals surface area (Å²) < 4.78 is 1.95. The average molecular weight is 215 g/mol. The van der Waals surface area contributed by atoms with Crippen LogP contribution in [0.4, 0.5) is 5.69 Å². The Morgan fingerprint density at radius 1 is 1.25 bits per heavy atom. The second kappa shape index (κ2) is 5.35. The van der Waals surface area contributed by atoms with Crippen LogP contribution in [-0.4, -0.2) is 16.3 Å². The Labute approximate surface area is 96.1 Å². The van der Waals surface area contributed by atoms with Crippen LogP contribution in [0.25, 0.3) is 0 Å². The molecule has 16 heavy (non-hydrogen) atoms. The van der Waals surface area contributed by atoms with Crippen LogP contribution in [0.2, 0.25) is 0 Å². The highest BCUT2D eigenvalue weighted by Crippen LogP contribution is 2.07. The predicted molar refractivity (Wildman–Crippen MR) is 66.6 cm³/mol. The average Bonchev–Trinajstić information content (AvgIpc) is 2.75. The maximum Gasteiger partial charge on any atom is 0.0726 e. The summed E-state index contributed by atoms with van der Waals surface area (Å²) in [5.41, 5.74) is 2.37. The van der Waals surface area contributed by atoms with Crippen molar-refractivity contribution in [3.8, 4) is 0 Å². The van der Waals surface area contributed by atoms with E-state index in [2.05, 4.69) is 41.6 Å². The van der Waals surface area contributed by atoms with Gasteiger partial charge in [0, 0.05) is 12.7 Å². The maximum absolute atomic E-state index is 4.32. The predicted octanol–water partition coefficient (Wildman–Crippen LogP) is 2.75. The van der Waals surface area contributed by atoms with Gasteiger partial charge in [-0.15, -0.1) is 0 Å². The number of nitrogens with one attached hydrogen (secondary N) is 1. The summed E-state index contributed by atoms with van der Waals surface area (Å²) in [6.07, 6.45) is 5.05. The highest BCUT2D eigenvalue weighted by Gasteiger charge is 1.98. The van der Waals surface area contributed by atoms with Gasteiger partial charge < -0.3 is 5.32 Å². The molecule has 0 aliphatic heterocycles. The Bertz CT molecular complexity index is 420. The zero-order chi connectivity index (χ0) is 11.2. The Balaban J connectivity index is 1.97. The van der Waals surface area contributed by atoms with Crippen molar-refractivity contribution in [1.29, 1.82) is 0 Å². The minimum Gasteiger partial charge on any atom is -0.383 e. The van der Waals surface area contributed by atoms with Gasteiger partial charge in [-0.25, -0.2) is 0 Å². The van der Waals surface area contributed by atoms with Gasteiger partial charge in [0.05, 0.1) is 18.4 Å². The van der Waals surface area contributed by atoms with E-state index in [4.69, 9.17) is 0 Å². The zero-order valence-electron chi connectivity index (χ0n) is 9.56. The first-order valence-corrected chi connectivity index (χ1v) is 5.68. The smallest absolute Gasteiger partial charge is 0.0726 e. The van der Waals surface area contributed by atoms with Gasteiger partial charge in [-0.3, -0.25) is 4.68 Å². The molecule has 0 bridgehead atoms. The van der Waals surface area contributed by atoms with E-state index in [1.54, 1.807) is 0 Å². The third-order valence-electron chi connectivity index (χ3n) is 2.40. The Hall–Kier alpha value is -1.77. The first-order chi connectivity index (χ1) is 7.88. The van der Waals surface area contributed by atoms with E-state index in [-0.39, 0.29) is 0 Å². The molecule has 1 aromatic heterocycles. The molecule has 1 aromatic carbocycles. The van der Waals surface area contributed by atoms with E-state index in [1.165, 1.54) is 5.56 Å². The Morgan fingerprint density at radius 3 is 2.81 bits per heavy atom. The number of nitrogens with zero attached hydrogens (tertiary/aromatic N) is 2. The topological polar surface area (TPSA) is 29.9 Å². The minimum atomic E-state index is 0.828. The molecular weight excluding hydrogens is 198 g/mol. The second-order valence-corrected chi connectivity index (χ2v) is 3.84. The molecular formula is C13H17N3. The molecule has 0 unspecified atom stereocenters. The lowest BCUT2D eigenvalue weighted by atomic mass is 10.2. The van der Waals surface area contributed by atoms with Crippen molar-refractivity contribution in [3.05, 3.63) is 48.3 Å². The molecule has 0 fully saturated rings. The maximum atomic E-state index is 4.32. The number of rotatable bonds is 5. The molecule has 3 nitrogen and oxygen atoms in total. The van der Waals surface area contributed by atoms with Gasteiger partial charge in [-0.05, 0) is 12.0 Å². The van der Waals surface area contributed by atoms with Gasteiger partial charge in [0.2, 0.25) is 0 Å². The number of aromatic nitrogens is 2. The van der Waals surface area contributed by atoms with Gasteiger partial charge in [0.1, 0.15) is 0 Å². The third kappa shape index (κ3) is 2.86. The molecule has 0 aliphatic rings. The van der Waals surface area contributed by atoms with Crippen LogP contribution in [0.1, 0.15) is 18.9 Å². The van der Waals surface area contributed by atoms with Crippen LogP contribution < -0.4 is 5.32 Å². The van der Waals surface area contributed by atoms with Crippen LogP contribution in [0, 0.1) is 0 Å². The fourth-order valence-corrected chi connectivity index (χ4v) is 1.58. The Kier molecular flexibility index (Phi) is 3.59. The van der Waals surface area contributed by atoms with Crippen molar-refractivity contribution in [3.63, 3.8) is 0 Å². The first kappa shape index (κ1) is 10.7. The summed E-state index contributed by atoms with van der Waals surface area (Å²) in [7, 11) is 0. The molecule has 0 amide bonds. The van der Waals surface area contributed by atoms with Crippen molar-refractivity contribution < 1.29 is 0 Å². The molecule has 0 radical (unpaired) electrons. The molecule has 0 saturated carbocycles. The van der Waals surface area contributed by atoms with E-state index >= 15 is 0 Å².